The largest absolute Gasteiger partial charge is 0.252 e. The third kappa shape index (κ3) is 2.14. The Balaban J connectivity index is 0.000000514. The van der Waals surface area contributed by atoms with Gasteiger partial charge in [-0.2, -0.15) is 0 Å². The highest BCUT2D eigenvalue weighted by Gasteiger charge is 2.00. The van der Waals surface area contributed by atoms with Crippen molar-refractivity contribution in [3.05, 3.63) is 54.2 Å². The van der Waals surface area contributed by atoms with E-state index < -0.39 is 0 Å². The van der Waals surface area contributed by atoms with E-state index in [0.29, 0.717) is 0 Å². The molecule has 1 nitrogen and oxygen atoms in total. The van der Waals surface area contributed by atoms with Crippen LogP contribution >= 0.6 is 0 Å². The van der Waals surface area contributed by atoms with Crippen LogP contribution in [-0.2, 0) is 0 Å². The van der Waals surface area contributed by atoms with Crippen molar-refractivity contribution >= 4 is 21.7 Å². The van der Waals surface area contributed by atoms with Crippen LogP contribution < -0.4 is 0 Å². The Labute approximate surface area is 102 Å². The van der Waals surface area contributed by atoms with E-state index in [1.165, 1.54) is 16.2 Å². The quantitative estimate of drug-likeness (QED) is 0.502. The molecule has 0 saturated carbocycles. The minimum Gasteiger partial charge on any atom is -0.252 e. The average Bonchev–Trinajstić information content (AvgIpc) is 2.41. The van der Waals surface area contributed by atoms with Gasteiger partial charge in [0.1, 0.15) is 0 Å². The maximum absolute atomic E-state index is 4.60. The summed E-state index contributed by atoms with van der Waals surface area (Å²) < 4.78 is 0. The van der Waals surface area contributed by atoms with E-state index in [9.17, 15) is 0 Å². The molecule has 0 radical (unpaired) electrons. The van der Waals surface area contributed by atoms with Gasteiger partial charge in [-0.15, -0.1) is 0 Å². The zero-order valence-corrected chi connectivity index (χ0v) is 10.6. The maximum Gasteiger partial charge on any atom is 0.0783 e. The van der Waals surface area contributed by atoms with Crippen LogP contribution in [0.15, 0.2) is 48.5 Å². The van der Waals surface area contributed by atoms with Crippen molar-refractivity contribution in [2.24, 2.45) is 0 Å². The molecular weight excluding hydrogens is 206 g/mol. The maximum atomic E-state index is 4.60. The van der Waals surface area contributed by atoms with Crippen molar-refractivity contribution in [2.75, 3.05) is 0 Å². The smallest absolute Gasteiger partial charge is 0.0783 e. The Kier molecular flexibility index (Phi) is 3.38. The highest BCUT2D eigenvalue weighted by molar-refractivity contribution is 6.05. The molecule has 0 aliphatic carbocycles. The summed E-state index contributed by atoms with van der Waals surface area (Å²) in [5.74, 6) is 0. The second-order valence-electron chi connectivity index (χ2n) is 3.81. The van der Waals surface area contributed by atoms with E-state index in [4.69, 9.17) is 0 Å². The van der Waals surface area contributed by atoms with Gasteiger partial charge in [-0.1, -0.05) is 56.3 Å². The monoisotopic (exact) mass is 223 g/mol. The van der Waals surface area contributed by atoms with Crippen LogP contribution in [-0.4, -0.2) is 4.98 Å². The number of pyridine rings is 1. The molecule has 0 fully saturated rings. The third-order valence-electron chi connectivity index (χ3n) is 2.72. The molecule has 3 rings (SSSR count). The molecule has 3 aromatic rings. The Morgan fingerprint density at radius 1 is 0.765 bits per heavy atom. The lowest BCUT2D eigenvalue weighted by atomic mass is 10.1. The van der Waals surface area contributed by atoms with Crippen LogP contribution in [0.5, 0.6) is 0 Å². The summed E-state index contributed by atoms with van der Waals surface area (Å²) in [7, 11) is 0. The molecule has 0 spiro atoms. The van der Waals surface area contributed by atoms with Crippen LogP contribution in [0.1, 0.15) is 19.5 Å². The SMILES string of the molecule is CC.Cc1ccc2ccc3ccccc3c2n1. The molecular formula is C16H17N. The summed E-state index contributed by atoms with van der Waals surface area (Å²) >= 11 is 0. The van der Waals surface area contributed by atoms with Gasteiger partial charge in [-0.05, 0) is 18.4 Å². The molecule has 0 aliphatic rings. The molecule has 1 heterocycles. The standard InChI is InChI=1S/C14H11N.C2H6/c1-10-6-7-12-9-8-11-4-2-3-5-13(11)14(12)15-10;1-2/h2-9H,1H3;1-2H3. The first-order chi connectivity index (χ1) is 8.34. The number of hydrogen-bond acceptors (Lipinski definition) is 1. The fraction of sp³-hybridized carbons (Fsp3) is 0.188. The van der Waals surface area contributed by atoms with Crippen molar-refractivity contribution in [1.82, 2.24) is 4.98 Å². The zero-order chi connectivity index (χ0) is 12.3. The van der Waals surface area contributed by atoms with Crippen molar-refractivity contribution in [1.29, 1.82) is 0 Å². The minimum atomic E-state index is 1.07. The van der Waals surface area contributed by atoms with E-state index >= 15 is 0 Å². The molecule has 0 aliphatic heterocycles. The number of benzene rings is 2. The first-order valence-corrected chi connectivity index (χ1v) is 6.10. The second kappa shape index (κ2) is 4.96. The first-order valence-electron chi connectivity index (χ1n) is 6.10. The van der Waals surface area contributed by atoms with Gasteiger partial charge < -0.3 is 0 Å². The summed E-state index contributed by atoms with van der Waals surface area (Å²) in [4.78, 5) is 4.60. The van der Waals surface area contributed by atoms with Gasteiger partial charge in [0.15, 0.2) is 0 Å². The van der Waals surface area contributed by atoms with Gasteiger partial charge in [0, 0.05) is 16.5 Å². The lowest BCUT2D eigenvalue weighted by Gasteiger charge is -2.03. The van der Waals surface area contributed by atoms with Gasteiger partial charge in [0.25, 0.3) is 0 Å². The molecule has 0 amide bonds. The number of nitrogens with zero attached hydrogens (tertiary/aromatic N) is 1. The van der Waals surface area contributed by atoms with E-state index in [2.05, 4.69) is 53.5 Å². The molecule has 0 saturated heterocycles. The van der Waals surface area contributed by atoms with Crippen molar-refractivity contribution in [3.8, 4) is 0 Å². The molecule has 0 bridgehead atoms. The highest BCUT2D eigenvalue weighted by Crippen LogP contribution is 2.23. The summed E-state index contributed by atoms with van der Waals surface area (Å²) in [6.45, 7) is 6.03. The van der Waals surface area contributed by atoms with Crippen molar-refractivity contribution in [3.63, 3.8) is 0 Å². The van der Waals surface area contributed by atoms with Crippen LogP contribution in [0.3, 0.4) is 0 Å². The third-order valence-corrected chi connectivity index (χ3v) is 2.72. The van der Waals surface area contributed by atoms with Crippen LogP contribution in [0.25, 0.3) is 21.7 Å². The van der Waals surface area contributed by atoms with Gasteiger partial charge in [-0.25, -0.2) is 0 Å². The van der Waals surface area contributed by atoms with Crippen molar-refractivity contribution < 1.29 is 0 Å². The van der Waals surface area contributed by atoms with Gasteiger partial charge >= 0.3 is 0 Å². The van der Waals surface area contributed by atoms with Gasteiger partial charge in [0.2, 0.25) is 0 Å². The summed E-state index contributed by atoms with van der Waals surface area (Å²) in [6.07, 6.45) is 0. The van der Waals surface area contributed by atoms with Crippen molar-refractivity contribution in [2.45, 2.75) is 20.8 Å². The normalized spacial score (nSPS) is 10.1. The zero-order valence-electron chi connectivity index (χ0n) is 10.6. The molecule has 17 heavy (non-hydrogen) atoms. The topological polar surface area (TPSA) is 12.9 Å². The molecule has 1 aromatic heterocycles. The fourth-order valence-electron chi connectivity index (χ4n) is 1.96. The van der Waals surface area contributed by atoms with E-state index in [1.807, 2.05) is 20.8 Å². The Hall–Kier alpha value is -1.89. The first kappa shape index (κ1) is 11.6. The van der Waals surface area contributed by atoms with Crippen LogP contribution in [0.2, 0.25) is 0 Å². The molecule has 0 N–H and O–H groups in total. The molecule has 86 valence electrons. The number of fused-ring (bicyclic) bond motifs is 3. The van der Waals surface area contributed by atoms with Crippen LogP contribution in [0.4, 0.5) is 0 Å². The Bertz CT molecular complexity index is 641. The summed E-state index contributed by atoms with van der Waals surface area (Å²) in [5.41, 5.74) is 2.17. The number of hydrogen-bond donors (Lipinski definition) is 0. The summed E-state index contributed by atoms with van der Waals surface area (Å²) in [6, 6.07) is 16.8. The predicted molar refractivity (Wildman–Crippen MR) is 75.3 cm³/mol. The fourth-order valence-corrected chi connectivity index (χ4v) is 1.96. The molecule has 1 heteroatoms. The molecule has 0 unspecified atom stereocenters. The number of aryl methyl sites for hydroxylation is 1. The minimum absolute atomic E-state index is 1.07. The lowest BCUT2D eigenvalue weighted by Crippen LogP contribution is -1.84. The summed E-state index contributed by atoms with van der Waals surface area (Å²) in [5, 5.41) is 3.70. The number of rotatable bonds is 0. The van der Waals surface area contributed by atoms with E-state index in [0.717, 1.165) is 11.2 Å². The number of aromatic nitrogens is 1. The van der Waals surface area contributed by atoms with E-state index in [1.54, 1.807) is 0 Å². The van der Waals surface area contributed by atoms with Gasteiger partial charge in [0.05, 0.1) is 5.52 Å². The molecule has 2 aromatic carbocycles. The van der Waals surface area contributed by atoms with E-state index in [-0.39, 0.29) is 0 Å². The second-order valence-corrected chi connectivity index (χ2v) is 3.81. The van der Waals surface area contributed by atoms with Gasteiger partial charge in [-0.3, -0.25) is 4.98 Å². The lowest BCUT2D eigenvalue weighted by molar-refractivity contribution is 1.26. The average molecular weight is 223 g/mol. The Morgan fingerprint density at radius 3 is 2.24 bits per heavy atom. The Morgan fingerprint density at radius 2 is 1.41 bits per heavy atom. The highest BCUT2D eigenvalue weighted by atomic mass is 14.7. The molecule has 0 atom stereocenters. The predicted octanol–water partition coefficient (Wildman–Crippen LogP) is 4.72. The van der Waals surface area contributed by atoms with Crippen LogP contribution in [0, 0.1) is 6.92 Å².